The fourth-order valence-electron chi connectivity index (χ4n) is 9.40. The number of ether oxygens (including phenoxy) is 1. The van der Waals surface area contributed by atoms with Crippen LogP contribution in [0.3, 0.4) is 0 Å². The van der Waals surface area contributed by atoms with Gasteiger partial charge in [-0.1, -0.05) is 120 Å². The van der Waals surface area contributed by atoms with E-state index in [4.69, 9.17) is 9.73 Å². The average molecular weight is 802 g/mol. The van der Waals surface area contributed by atoms with Crippen molar-refractivity contribution in [1.82, 2.24) is 4.57 Å². The number of pyridine rings is 1. The van der Waals surface area contributed by atoms with Crippen LogP contribution in [0.1, 0.15) is 0 Å². The van der Waals surface area contributed by atoms with Gasteiger partial charge in [0, 0.05) is 57.5 Å². The Morgan fingerprint density at radius 3 is 1.89 bits per heavy atom. The van der Waals surface area contributed by atoms with E-state index in [1.165, 1.54) is 5.39 Å². The van der Waals surface area contributed by atoms with Gasteiger partial charge in [-0.15, -0.1) is 5.01 Å². The zero-order valence-electron chi connectivity index (χ0n) is 33.8. The van der Waals surface area contributed by atoms with E-state index in [1.807, 2.05) is 6.07 Å². The number of aliphatic imine (C=N–C) groups is 1. The normalized spacial score (nSPS) is 16.5. The molecule has 2 aromatic heterocycles. The van der Waals surface area contributed by atoms with Crippen LogP contribution in [0, 0.1) is 0 Å². The van der Waals surface area contributed by atoms with Crippen LogP contribution in [-0.2, 0) is 0 Å². The van der Waals surface area contributed by atoms with Gasteiger partial charge < -0.3 is 14.5 Å². The number of rotatable bonds is 7. The summed E-state index contributed by atoms with van der Waals surface area (Å²) >= 11 is 0. The van der Waals surface area contributed by atoms with Crippen molar-refractivity contribution in [2.24, 2.45) is 4.99 Å². The highest BCUT2D eigenvalue weighted by atomic mass is 16.5. The van der Waals surface area contributed by atoms with Crippen LogP contribution in [-0.4, -0.2) is 29.3 Å². The number of aromatic nitrogens is 2. The van der Waals surface area contributed by atoms with Gasteiger partial charge in [0.1, 0.15) is 17.2 Å². The molecule has 0 radical (unpaired) electrons. The molecule has 0 saturated heterocycles. The molecule has 0 fully saturated rings. The van der Waals surface area contributed by atoms with E-state index >= 15 is 0 Å². The SMILES string of the molecule is C1=CC2N=C(n3c4ccccc4c4ccc(Oc5cccc(N6CN([n+]7c(-c8ccccc8)cccc7-c7ccccc7)c7ccccc76)c5)cc43)N(c3ccccc3)C2C=C1. The van der Waals surface area contributed by atoms with Crippen LogP contribution >= 0.6 is 0 Å². The van der Waals surface area contributed by atoms with E-state index in [1.54, 1.807) is 0 Å². The van der Waals surface area contributed by atoms with Crippen molar-refractivity contribution in [3.05, 3.63) is 224 Å². The first-order valence-corrected chi connectivity index (χ1v) is 21.2. The molecule has 9 aromatic rings. The molecule has 0 N–H and O–H groups in total. The fourth-order valence-corrected chi connectivity index (χ4v) is 9.40. The number of anilines is 4. The van der Waals surface area contributed by atoms with Crippen molar-refractivity contribution >= 4 is 50.5 Å². The van der Waals surface area contributed by atoms with Crippen LogP contribution in [0.5, 0.6) is 11.5 Å². The highest BCUT2D eigenvalue weighted by Gasteiger charge is 2.39. The molecule has 0 bridgehead atoms. The number of fused-ring (bicyclic) bond motifs is 5. The highest BCUT2D eigenvalue weighted by molar-refractivity contribution is 6.17. The summed E-state index contributed by atoms with van der Waals surface area (Å²) in [6.45, 7) is 0.593. The molecule has 0 amide bonds. The Hall–Kier alpha value is -8.16. The third-order valence-electron chi connectivity index (χ3n) is 12.2. The first-order valence-electron chi connectivity index (χ1n) is 21.2. The summed E-state index contributed by atoms with van der Waals surface area (Å²) < 4.78 is 11.5. The van der Waals surface area contributed by atoms with E-state index in [-0.39, 0.29) is 12.1 Å². The van der Waals surface area contributed by atoms with Gasteiger partial charge in [0.05, 0.1) is 28.8 Å². The minimum Gasteiger partial charge on any atom is -0.457 e. The lowest BCUT2D eigenvalue weighted by atomic mass is 10.0. The van der Waals surface area contributed by atoms with Crippen molar-refractivity contribution in [2.75, 3.05) is 21.5 Å². The van der Waals surface area contributed by atoms with E-state index < -0.39 is 0 Å². The van der Waals surface area contributed by atoms with Crippen LogP contribution in [0.4, 0.5) is 22.7 Å². The summed E-state index contributed by atoms with van der Waals surface area (Å²) in [5, 5.41) is 4.70. The standard InChI is InChI=1S/C55H41N6O/c1-4-18-39(19-5-1)48-32-17-33-49(40-20-6-2-7-21-40)61(48)58-38-57(52-30-14-15-31-53(52)58)42-24-16-25-43(36-42)62-44-34-35-46-45-26-10-12-28-50(45)60(54(46)37-44)55-56-47-27-11-13-29-51(47)59(55)41-22-8-3-9-23-41/h1-37,47,51H,38H2/q+1. The summed E-state index contributed by atoms with van der Waals surface area (Å²) in [4.78, 5) is 10.1. The fraction of sp³-hybridized carbons (Fsp3) is 0.0545. The highest BCUT2D eigenvalue weighted by Crippen LogP contribution is 2.42. The number of para-hydroxylation sites is 4. The van der Waals surface area contributed by atoms with Gasteiger partial charge in [0.25, 0.3) is 0 Å². The number of nitrogens with zero attached hydrogens (tertiary/aromatic N) is 6. The largest absolute Gasteiger partial charge is 0.457 e. The summed E-state index contributed by atoms with van der Waals surface area (Å²) in [5.41, 5.74) is 11.0. The van der Waals surface area contributed by atoms with Gasteiger partial charge in [-0.25, -0.2) is 4.99 Å². The van der Waals surface area contributed by atoms with E-state index in [0.717, 1.165) is 79.1 Å². The maximum atomic E-state index is 6.83. The first kappa shape index (κ1) is 35.8. The predicted molar refractivity (Wildman–Crippen MR) is 252 cm³/mol. The van der Waals surface area contributed by atoms with Gasteiger partial charge in [-0.3, -0.25) is 4.57 Å². The third kappa shape index (κ3) is 5.97. The molecular formula is C55H41N6O+. The Balaban J connectivity index is 0.925. The monoisotopic (exact) mass is 801 g/mol. The molecule has 0 saturated carbocycles. The molecule has 2 atom stereocenters. The molecule has 12 rings (SSSR count). The second-order valence-electron chi connectivity index (χ2n) is 15.8. The van der Waals surface area contributed by atoms with Crippen molar-refractivity contribution < 1.29 is 9.41 Å². The van der Waals surface area contributed by atoms with Crippen molar-refractivity contribution in [1.29, 1.82) is 0 Å². The van der Waals surface area contributed by atoms with Crippen molar-refractivity contribution in [3.63, 3.8) is 0 Å². The first-order chi connectivity index (χ1) is 30.8. The number of allylic oxidation sites excluding steroid dienone is 2. The van der Waals surface area contributed by atoms with Gasteiger partial charge in [-0.2, -0.15) is 0 Å². The topological polar surface area (TPSA) is 40.1 Å². The minimum atomic E-state index is 0.00961. The Morgan fingerprint density at radius 1 is 0.500 bits per heavy atom. The van der Waals surface area contributed by atoms with Gasteiger partial charge in [0.15, 0.2) is 6.67 Å². The summed E-state index contributed by atoms with van der Waals surface area (Å²) in [6.07, 6.45) is 8.68. The molecule has 7 aromatic carbocycles. The zero-order chi connectivity index (χ0) is 41.0. The minimum absolute atomic E-state index is 0.00961. The van der Waals surface area contributed by atoms with E-state index in [2.05, 4.69) is 242 Å². The van der Waals surface area contributed by atoms with Crippen LogP contribution in [0.2, 0.25) is 0 Å². The van der Waals surface area contributed by atoms with Crippen molar-refractivity contribution in [3.8, 4) is 34.0 Å². The molecule has 4 heterocycles. The molecule has 2 aliphatic heterocycles. The van der Waals surface area contributed by atoms with Crippen LogP contribution in [0.25, 0.3) is 44.3 Å². The lowest BCUT2D eigenvalue weighted by Crippen LogP contribution is -2.57. The predicted octanol–water partition coefficient (Wildman–Crippen LogP) is 12.2. The zero-order valence-corrected chi connectivity index (χ0v) is 33.8. The molecule has 62 heavy (non-hydrogen) atoms. The van der Waals surface area contributed by atoms with Gasteiger partial charge in [0.2, 0.25) is 17.3 Å². The molecule has 2 unspecified atom stereocenters. The Morgan fingerprint density at radius 2 is 1.11 bits per heavy atom. The Kier molecular flexibility index (Phi) is 8.55. The molecule has 7 nitrogen and oxygen atoms in total. The Labute approximate surface area is 360 Å². The Bertz CT molecular complexity index is 3170. The maximum absolute atomic E-state index is 6.83. The van der Waals surface area contributed by atoms with Crippen LogP contribution < -0.4 is 24.2 Å². The number of benzene rings is 7. The smallest absolute Gasteiger partial charge is 0.243 e. The van der Waals surface area contributed by atoms with Gasteiger partial charge >= 0.3 is 0 Å². The molecule has 3 aliphatic rings. The lowest BCUT2D eigenvalue weighted by Gasteiger charge is -2.29. The van der Waals surface area contributed by atoms with Gasteiger partial charge in [-0.05, 0) is 84.9 Å². The van der Waals surface area contributed by atoms with Crippen molar-refractivity contribution in [2.45, 2.75) is 12.1 Å². The summed E-state index contributed by atoms with van der Waals surface area (Å²) in [7, 11) is 0. The quantitative estimate of drug-likeness (QED) is 0.151. The molecule has 7 heteroatoms. The number of hydrogen-bond acceptors (Lipinski definition) is 5. The average Bonchev–Trinajstić information content (AvgIpc) is 4.02. The molecular weight excluding hydrogens is 761 g/mol. The number of hydrogen-bond donors (Lipinski definition) is 0. The third-order valence-corrected chi connectivity index (χ3v) is 12.2. The second kappa shape index (κ2) is 14.8. The van der Waals surface area contributed by atoms with E-state index in [9.17, 15) is 0 Å². The van der Waals surface area contributed by atoms with E-state index in [0.29, 0.717) is 6.67 Å². The lowest BCUT2D eigenvalue weighted by molar-refractivity contribution is -0.661. The molecule has 296 valence electrons. The molecule has 1 aliphatic carbocycles. The van der Waals surface area contributed by atoms with Crippen LogP contribution in [0.15, 0.2) is 229 Å². The maximum Gasteiger partial charge on any atom is 0.243 e. The second-order valence-corrected chi connectivity index (χ2v) is 15.8. The summed E-state index contributed by atoms with van der Waals surface area (Å²) in [5.74, 6) is 2.41. The summed E-state index contributed by atoms with van der Waals surface area (Å²) in [6, 6.07) is 70.6. The molecule has 0 spiro atoms.